The molecular weight excluding hydrogens is 366 g/mol. The van der Waals surface area contributed by atoms with E-state index >= 15 is 0 Å². The molecule has 3 rings (SSSR count). The van der Waals surface area contributed by atoms with E-state index in [1.165, 1.54) is 4.90 Å². The minimum Gasteiger partial charge on any atom is -0.476 e. The summed E-state index contributed by atoms with van der Waals surface area (Å²) in [5.41, 5.74) is 0.870. The molecule has 7 nitrogen and oxygen atoms in total. The molecule has 0 saturated heterocycles. The molecule has 1 amide bonds. The molecule has 0 atom stereocenters. The molecule has 0 radical (unpaired) electrons. The van der Waals surface area contributed by atoms with Crippen molar-refractivity contribution in [1.82, 2.24) is 14.5 Å². The van der Waals surface area contributed by atoms with E-state index in [4.69, 9.17) is 9.84 Å². The largest absolute Gasteiger partial charge is 0.476 e. The fourth-order valence-electron chi connectivity index (χ4n) is 2.40. The Labute approximate surface area is 140 Å². The van der Waals surface area contributed by atoms with Crippen LogP contribution in [0.25, 0.3) is 0 Å². The van der Waals surface area contributed by atoms with Gasteiger partial charge in [0.1, 0.15) is 17.0 Å². The summed E-state index contributed by atoms with van der Waals surface area (Å²) in [4.78, 5) is 28.8. The van der Waals surface area contributed by atoms with Gasteiger partial charge in [-0.3, -0.25) is 4.90 Å². The number of hydrogen-bond acceptors (Lipinski definition) is 4. The van der Waals surface area contributed by atoms with Crippen LogP contribution in [-0.2, 0) is 24.4 Å². The number of benzene rings is 1. The molecule has 1 aliphatic heterocycles. The van der Waals surface area contributed by atoms with Gasteiger partial charge < -0.3 is 14.4 Å². The first-order chi connectivity index (χ1) is 11.1. The van der Waals surface area contributed by atoms with Gasteiger partial charge in [-0.05, 0) is 21.5 Å². The van der Waals surface area contributed by atoms with Crippen LogP contribution in [0.1, 0.15) is 21.9 Å². The first-order valence-electron chi connectivity index (χ1n) is 7.00. The predicted molar refractivity (Wildman–Crippen MR) is 83.9 cm³/mol. The molecule has 0 unspecified atom stereocenters. The number of aromatic carboxylic acids is 1. The molecule has 120 valence electrons. The first kappa shape index (κ1) is 15.5. The summed E-state index contributed by atoms with van der Waals surface area (Å²) in [5, 5.41) is 9.09. The zero-order valence-corrected chi connectivity index (χ0v) is 13.7. The standard InChI is InChI=1S/C15H14BrN3O4/c16-13-12(14(20)21)17-11-8-18(6-7-19(11)13)15(22)23-9-10-4-2-1-3-5-10/h1-5H,6-9H2,(H,20,21). The van der Waals surface area contributed by atoms with Crippen molar-refractivity contribution in [2.75, 3.05) is 6.54 Å². The number of carboxylic acid groups (broad SMARTS) is 1. The highest BCUT2D eigenvalue weighted by Crippen LogP contribution is 2.23. The van der Waals surface area contributed by atoms with Crippen LogP contribution in [0, 0.1) is 0 Å². The molecule has 1 aromatic carbocycles. The van der Waals surface area contributed by atoms with Gasteiger partial charge in [-0.2, -0.15) is 0 Å². The van der Waals surface area contributed by atoms with Gasteiger partial charge in [0.15, 0.2) is 5.69 Å². The Hall–Kier alpha value is -2.35. The molecule has 8 heteroatoms. The molecule has 0 spiro atoms. The first-order valence-corrected chi connectivity index (χ1v) is 7.79. The molecule has 0 bridgehead atoms. The lowest BCUT2D eigenvalue weighted by Crippen LogP contribution is -2.38. The van der Waals surface area contributed by atoms with E-state index in [1.807, 2.05) is 30.3 Å². The second kappa shape index (κ2) is 6.41. The van der Waals surface area contributed by atoms with Crippen molar-refractivity contribution >= 4 is 28.0 Å². The van der Waals surface area contributed by atoms with E-state index in [0.717, 1.165) is 5.56 Å². The zero-order valence-electron chi connectivity index (χ0n) is 12.1. The Morgan fingerprint density at radius 3 is 2.70 bits per heavy atom. The summed E-state index contributed by atoms with van der Waals surface area (Å²) in [7, 11) is 0. The van der Waals surface area contributed by atoms with Crippen molar-refractivity contribution < 1.29 is 19.4 Å². The van der Waals surface area contributed by atoms with Gasteiger partial charge in [-0.15, -0.1) is 0 Å². The number of nitrogens with zero attached hydrogens (tertiary/aromatic N) is 3. The van der Waals surface area contributed by atoms with Crippen LogP contribution in [-0.4, -0.2) is 38.2 Å². The fraction of sp³-hybridized carbons (Fsp3) is 0.267. The van der Waals surface area contributed by atoms with Crippen molar-refractivity contribution in [3.63, 3.8) is 0 Å². The minimum atomic E-state index is -1.10. The summed E-state index contributed by atoms with van der Waals surface area (Å²) in [6, 6.07) is 9.42. The number of aromatic nitrogens is 2. The molecule has 2 heterocycles. The summed E-state index contributed by atoms with van der Waals surface area (Å²) in [5.74, 6) is -0.575. The maximum absolute atomic E-state index is 12.1. The highest BCUT2D eigenvalue weighted by atomic mass is 79.9. The Balaban J connectivity index is 1.66. The number of hydrogen-bond donors (Lipinski definition) is 1. The van der Waals surface area contributed by atoms with E-state index in [2.05, 4.69) is 20.9 Å². The SMILES string of the molecule is O=C(O)c1nc2n(c1Br)CCN(C(=O)OCc1ccccc1)C2. The summed E-state index contributed by atoms with van der Waals surface area (Å²) in [6.45, 7) is 1.33. The van der Waals surface area contributed by atoms with Crippen LogP contribution in [0.4, 0.5) is 4.79 Å². The maximum Gasteiger partial charge on any atom is 0.410 e. The van der Waals surface area contributed by atoms with E-state index in [9.17, 15) is 9.59 Å². The molecule has 1 aromatic heterocycles. The molecule has 2 aromatic rings. The molecule has 0 fully saturated rings. The number of carbonyl (C=O) groups is 2. The number of imidazole rings is 1. The van der Waals surface area contributed by atoms with E-state index in [0.29, 0.717) is 23.5 Å². The molecular formula is C15H14BrN3O4. The van der Waals surface area contributed by atoms with Crippen LogP contribution in [0.2, 0.25) is 0 Å². The fourth-order valence-corrected chi connectivity index (χ4v) is 3.04. The topological polar surface area (TPSA) is 84.7 Å². The summed E-state index contributed by atoms with van der Waals surface area (Å²) in [6.07, 6.45) is -0.434. The van der Waals surface area contributed by atoms with Gasteiger partial charge in [0.25, 0.3) is 0 Å². The molecule has 0 aliphatic carbocycles. The zero-order chi connectivity index (χ0) is 16.4. The van der Waals surface area contributed by atoms with Gasteiger partial charge >= 0.3 is 12.1 Å². The minimum absolute atomic E-state index is 0.0421. The van der Waals surface area contributed by atoms with Crippen LogP contribution in [0.3, 0.4) is 0 Å². The van der Waals surface area contributed by atoms with Crippen molar-refractivity contribution in [3.05, 3.63) is 52.0 Å². The third-order valence-corrected chi connectivity index (χ3v) is 4.38. The number of carboxylic acids is 1. The van der Waals surface area contributed by atoms with Crippen LogP contribution in [0.5, 0.6) is 0 Å². The maximum atomic E-state index is 12.1. The number of amides is 1. The highest BCUT2D eigenvalue weighted by molar-refractivity contribution is 9.10. The Bertz CT molecular complexity index is 745. The molecule has 23 heavy (non-hydrogen) atoms. The number of halogens is 1. The van der Waals surface area contributed by atoms with Gasteiger partial charge in [0, 0.05) is 13.1 Å². The van der Waals surface area contributed by atoms with Crippen molar-refractivity contribution in [2.24, 2.45) is 0 Å². The molecule has 1 aliphatic rings. The quantitative estimate of drug-likeness (QED) is 0.885. The lowest BCUT2D eigenvalue weighted by atomic mass is 10.2. The molecule has 1 N–H and O–H groups in total. The molecule has 0 saturated carbocycles. The van der Waals surface area contributed by atoms with Crippen molar-refractivity contribution in [3.8, 4) is 0 Å². The lowest BCUT2D eigenvalue weighted by molar-refractivity contribution is 0.0689. The van der Waals surface area contributed by atoms with Gasteiger partial charge in [0.05, 0.1) is 6.54 Å². The Morgan fingerprint density at radius 1 is 1.26 bits per heavy atom. The van der Waals surface area contributed by atoms with Crippen LogP contribution >= 0.6 is 15.9 Å². The third kappa shape index (κ3) is 3.21. The average Bonchev–Trinajstić information content (AvgIpc) is 2.90. The number of carbonyl (C=O) groups excluding carboxylic acids is 1. The van der Waals surface area contributed by atoms with Crippen molar-refractivity contribution in [2.45, 2.75) is 19.7 Å². The second-order valence-electron chi connectivity index (χ2n) is 5.09. The van der Waals surface area contributed by atoms with Crippen LogP contribution in [0.15, 0.2) is 34.9 Å². The van der Waals surface area contributed by atoms with Gasteiger partial charge in [-0.1, -0.05) is 30.3 Å². The second-order valence-corrected chi connectivity index (χ2v) is 5.84. The van der Waals surface area contributed by atoms with Crippen LogP contribution < -0.4 is 0 Å². The van der Waals surface area contributed by atoms with E-state index in [-0.39, 0.29) is 18.8 Å². The third-order valence-electron chi connectivity index (χ3n) is 3.58. The van der Waals surface area contributed by atoms with E-state index in [1.54, 1.807) is 4.57 Å². The number of fused-ring (bicyclic) bond motifs is 1. The monoisotopic (exact) mass is 379 g/mol. The van der Waals surface area contributed by atoms with Crippen molar-refractivity contribution in [1.29, 1.82) is 0 Å². The summed E-state index contributed by atoms with van der Waals surface area (Å²) < 4.78 is 7.47. The van der Waals surface area contributed by atoms with Gasteiger partial charge in [-0.25, -0.2) is 14.6 Å². The predicted octanol–water partition coefficient (Wildman–Crippen LogP) is 2.50. The summed E-state index contributed by atoms with van der Waals surface area (Å²) >= 11 is 3.24. The lowest BCUT2D eigenvalue weighted by Gasteiger charge is -2.27. The Kier molecular flexibility index (Phi) is 4.33. The average molecular weight is 380 g/mol. The Morgan fingerprint density at radius 2 is 2.00 bits per heavy atom. The number of ether oxygens (including phenoxy) is 1. The normalized spacial score (nSPS) is 13.5. The van der Waals surface area contributed by atoms with Gasteiger partial charge in [0.2, 0.25) is 0 Å². The van der Waals surface area contributed by atoms with E-state index < -0.39 is 12.1 Å². The number of rotatable bonds is 3. The smallest absolute Gasteiger partial charge is 0.410 e. The highest BCUT2D eigenvalue weighted by Gasteiger charge is 2.28.